The van der Waals surface area contributed by atoms with E-state index < -0.39 is 0 Å². The van der Waals surface area contributed by atoms with Crippen molar-refractivity contribution in [3.05, 3.63) is 50.2 Å². The minimum Gasteiger partial charge on any atom is -0.294 e. The zero-order valence-electron chi connectivity index (χ0n) is 11.7. The van der Waals surface area contributed by atoms with Gasteiger partial charge in [-0.2, -0.15) is 5.10 Å². The number of halogens is 2. The fraction of sp³-hybridized carbons (Fsp3) is 0.333. The maximum absolute atomic E-state index is 12.4. The van der Waals surface area contributed by atoms with E-state index in [4.69, 9.17) is 11.6 Å². The van der Waals surface area contributed by atoms with Crippen molar-refractivity contribution in [1.82, 2.24) is 9.78 Å². The number of aromatic nitrogens is 2. The molecule has 0 saturated heterocycles. The molecule has 0 fully saturated rings. The van der Waals surface area contributed by atoms with E-state index in [0.29, 0.717) is 10.6 Å². The number of carbonyl (C=O) groups is 1. The van der Waals surface area contributed by atoms with Crippen LogP contribution < -0.4 is 0 Å². The smallest absolute Gasteiger partial charge is 0.170 e. The highest BCUT2D eigenvalue weighted by atomic mass is 79.9. The number of rotatable bonds is 4. The van der Waals surface area contributed by atoms with Gasteiger partial charge in [-0.15, -0.1) is 0 Å². The molecule has 1 heterocycles. The zero-order chi connectivity index (χ0) is 14.9. The summed E-state index contributed by atoms with van der Waals surface area (Å²) in [6, 6.07) is 5.50. The molecule has 3 nitrogen and oxygen atoms in total. The van der Waals surface area contributed by atoms with Gasteiger partial charge in [0.05, 0.1) is 27.3 Å². The standard InChI is InChI=1S/C15H16BrClN2O/c1-4-19-13(15(16)10(3)18-19)8-14(20)11-6-5-9(2)7-12(11)17/h5-7H,4,8H2,1-3H3. The van der Waals surface area contributed by atoms with Gasteiger partial charge in [-0.3, -0.25) is 9.48 Å². The summed E-state index contributed by atoms with van der Waals surface area (Å²) in [5.74, 6) is 0.00491. The third-order valence-electron chi connectivity index (χ3n) is 3.21. The predicted octanol–water partition coefficient (Wildman–Crippen LogP) is 4.36. The summed E-state index contributed by atoms with van der Waals surface area (Å²) in [6.45, 7) is 6.61. The first-order valence-electron chi connectivity index (χ1n) is 6.45. The van der Waals surface area contributed by atoms with Gasteiger partial charge in [0.1, 0.15) is 0 Å². The number of hydrogen-bond donors (Lipinski definition) is 0. The number of ketones is 1. The highest BCUT2D eigenvalue weighted by molar-refractivity contribution is 9.10. The van der Waals surface area contributed by atoms with E-state index in [1.807, 2.05) is 37.6 Å². The third-order valence-corrected chi connectivity index (χ3v) is 4.55. The quantitative estimate of drug-likeness (QED) is 0.764. The molecule has 0 aliphatic heterocycles. The molecule has 20 heavy (non-hydrogen) atoms. The Labute approximate surface area is 132 Å². The van der Waals surface area contributed by atoms with Crippen LogP contribution >= 0.6 is 27.5 Å². The second-order valence-corrected chi connectivity index (χ2v) is 5.95. The number of hydrogen-bond acceptors (Lipinski definition) is 2. The second kappa shape index (κ2) is 6.10. The van der Waals surface area contributed by atoms with Crippen molar-refractivity contribution in [3.8, 4) is 0 Å². The lowest BCUT2D eigenvalue weighted by Gasteiger charge is -2.07. The third kappa shape index (κ3) is 2.96. The Hall–Kier alpha value is -1.13. The lowest BCUT2D eigenvalue weighted by molar-refractivity contribution is 0.0990. The van der Waals surface area contributed by atoms with Gasteiger partial charge in [-0.25, -0.2) is 0 Å². The van der Waals surface area contributed by atoms with Crippen LogP contribution in [0.25, 0.3) is 0 Å². The Morgan fingerprint density at radius 1 is 1.40 bits per heavy atom. The molecule has 1 aromatic heterocycles. The van der Waals surface area contributed by atoms with Crippen LogP contribution in [0.5, 0.6) is 0 Å². The second-order valence-electron chi connectivity index (χ2n) is 4.75. The first-order valence-corrected chi connectivity index (χ1v) is 7.62. The molecule has 0 radical (unpaired) electrons. The molecule has 0 aliphatic rings. The van der Waals surface area contributed by atoms with Crippen molar-refractivity contribution in [2.75, 3.05) is 0 Å². The molecule has 0 aliphatic carbocycles. The highest BCUT2D eigenvalue weighted by Crippen LogP contribution is 2.25. The number of Topliss-reactive ketones (excluding diaryl/α,β-unsaturated/α-hetero) is 1. The molecule has 2 rings (SSSR count). The van der Waals surface area contributed by atoms with E-state index in [2.05, 4.69) is 21.0 Å². The molecular weight excluding hydrogens is 340 g/mol. The topological polar surface area (TPSA) is 34.9 Å². The van der Waals surface area contributed by atoms with Crippen LogP contribution in [0.2, 0.25) is 5.02 Å². The van der Waals surface area contributed by atoms with Crippen LogP contribution in [0.1, 0.15) is 34.2 Å². The van der Waals surface area contributed by atoms with Gasteiger partial charge < -0.3 is 0 Å². The van der Waals surface area contributed by atoms with E-state index in [-0.39, 0.29) is 12.2 Å². The number of carbonyl (C=O) groups excluding carboxylic acids is 1. The summed E-state index contributed by atoms with van der Waals surface area (Å²) >= 11 is 9.66. The van der Waals surface area contributed by atoms with Gasteiger partial charge in [0, 0.05) is 12.1 Å². The Kier molecular flexibility index (Phi) is 4.66. The van der Waals surface area contributed by atoms with E-state index in [0.717, 1.165) is 28.0 Å². The van der Waals surface area contributed by atoms with Crippen LogP contribution in [0, 0.1) is 13.8 Å². The summed E-state index contributed by atoms with van der Waals surface area (Å²) in [7, 11) is 0. The summed E-state index contributed by atoms with van der Waals surface area (Å²) < 4.78 is 2.75. The molecule has 1 aromatic carbocycles. The molecule has 0 bridgehead atoms. The van der Waals surface area contributed by atoms with Gasteiger partial charge in [0.2, 0.25) is 0 Å². The van der Waals surface area contributed by atoms with Crippen molar-refractivity contribution in [1.29, 1.82) is 0 Å². The number of nitrogens with zero attached hydrogens (tertiary/aromatic N) is 2. The number of aryl methyl sites for hydroxylation is 3. The van der Waals surface area contributed by atoms with Crippen LogP contribution in [-0.2, 0) is 13.0 Å². The van der Waals surface area contributed by atoms with Crippen molar-refractivity contribution in [3.63, 3.8) is 0 Å². The summed E-state index contributed by atoms with van der Waals surface area (Å²) in [6.07, 6.45) is 0.290. The average molecular weight is 356 g/mol. The molecular formula is C15H16BrClN2O. The minimum absolute atomic E-state index is 0.00491. The molecule has 106 valence electrons. The van der Waals surface area contributed by atoms with E-state index in [9.17, 15) is 4.79 Å². The van der Waals surface area contributed by atoms with Crippen LogP contribution in [-0.4, -0.2) is 15.6 Å². The summed E-state index contributed by atoms with van der Waals surface area (Å²) in [5, 5.41) is 4.90. The van der Waals surface area contributed by atoms with Gasteiger partial charge in [0.15, 0.2) is 5.78 Å². The van der Waals surface area contributed by atoms with Crippen molar-refractivity contribution >= 4 is 33.3 Å². The molecule has 0 amide bonds. The van der Waals surface area contributed by atoms with Gasteiger partial charge in [0.25, 0.3) is 0 Å². The lowest BCUT2D eigenvalue weighted by atomic mass is 10.0. The summed E-state index contributed by atoms with van der Waals surface area (Å²) in [5.41, 5.74) is 3.39. The first kappa shape index (κ1) is 15.3. The molecule has 0 unspecified atom stereocenters. The Morgan fingerprint density at radius 2 is 2.10 bits per heavy atom. The van der Waals surface area contributed by atoms with Gasteiger partial charge in [-0.05, 0) is 54.4 Å². The van der Waals surface area contributed by atoms with Crippen molar-refractivity contribution in [2.45, 2.75) is 33.7 Å². The fourth-order valence-corrected chi connectivity index (χ4v) is 2.90. The van der Waals surface area contributed by atoms with Crippen molar-refractivity contribution < 1.29 is 4.79 Å². The van der Waals surface area contributed by atoms with Gasteiger partial charge >= 0.3 is 0 Å². The summed E-state index contributed by atoms with van der Waals surface area (Å²) in [4.78, 5) is 12.4. The minimum atomic E-state index is 0.00491. The maximum Gasteiger partial charge on any atom is 0.170 e. The van der Waals surface area contributed by atoms with E-state index >= 15 is 0 Å². The molecule has 0 atom stereocenters. The first-order chi connectivity index (χ1) is 9.43. The van der Waals surface area contributed by atoms with E-state index in [1.165, 1.54) is 0 Å². The number of benzene rings is 1. The van der Waals surface area contributed by atoms with E-state index in [1.54, 1.807) is 6.07 Å². The predicted molar refractivity (Wildman–Crippen MR) is 84.6 cm³/mol. The molecule has 5 heteroatoms. The van der Waals surface area contributed by atoms with Crippen molar-refractivity contribution in [2.24, 2.45) is 0 Å². The highest BCUT2D eigenvalue weighted by Gasteiger charge is 2.18. The van der Waals surface area contributed by atoms with Crippen LogP contribution in [0.3, 0.4) is 0 Å². The molecule has 0 spiro atoms. The Morgan fingerprint density at radius 3 is 2.70 bits per heavy atom. The van der Waals surface area contributed by atoms with Gasteiger partial charge in [-0.1, -0.05) is 17.7 Å². The Bertz CT molecular complexity index is 664. The fourth-order valence-electron chi connectivity index (χ4n) is 2.13. The monoisotopic (exact) mass is 354 g/mol. The van der Waals surface area contributed by atoms with Crippen LogP contribution in [0.15, 0.2) is 22.7 Å². The molecule has 2 aromatic rings. The largest absolute Gasteiger partial charge is 0.294 e. The van der Waals surface area contributed by atoms with Crippen LogP contribution in [0.4, 0.5) is 0 Å². The normalized spacial score (nSPS) is 10.8. The maximum atomic E-state index is 12.4. The SMILES string of the molecule is CCn1nc(C)c(Br)c1CC(=O)c1ccc(C)cc1Cl. The molecule has 0 N–H and O–H groups in total. The zero-order valence-corrected chi connectivity index (χ0v) is 14.0. The Balaban J connectivity index is 2.32. The average Bonchev–Trinajstić information content (AvgIpc) is 2.66. The molecule has 0 saturated carbocycles. The lowest BCUT2D eigenvalue weighted by Crippen LogP contribution is -2.10.